The molecule has 0 aliphatic carbocycles. The van der Waals surface area contributed by atoms with Crippen molar-refractivity contribution in [1.29, 1.82) is 0 Å². The predicted molar refractivity (Wildman–Crippen MR) is 86.5 cm³/mol. The van der Waals surface area contributed by atoms with Crippen molar-refractivity contribution >= 4 is 15.9 Å². The second-order valence-electron chi connectivity index (χ2n) is 4.92. The molecule has 0 bridgehead atoms. The van der Waals surface area contributed by atoms with Crippen LogP contribution in [0.3, 0.4) is 0 Å². The van der Waals surface area contributed by atoms with Gasteiger partial charge in [-0.3, -0.25) is 4.90 Å². The number of halogens is 2. The lowest BCUT2D eigenvalue weighted by molar-refractivity contribution is 0.140. The van der Waals surface area contributed by atoms with Crippen molar-refractivity contribution in [3.63, 3.8) is 0 Å². The summed E-state index contributed by atoms with van der Waals surface area (Å²) in [5, 5.41) is 0. The number of nitrogens with zero attached hydrogens (tertiary/aromatic N) is 1. The lowest BCUT2D eigenvalue weighted by Crippen LogP contribution is -2.26. The maximum Gasteiger partial charge on any atom is 0.124 e. The minimum atomic E-state index is -0.225. The van der Waals surface area contributed by atoms with Gasteiger partial charge in [0, 0.05) is 31.2 Å². The van der Waals surface area contributed by atoms with E-state index >= 15 is 0 Å². The van der Waals surface area contributed by atoms with Crippen molar-refractivity contribution in [2.75, 3.05) is 20.3 Å². The van der Waals surface area contributed by atoms with E-state index in [4.69, 9.17) is 4.74 Å². The first-order chi connectivity index (χ1) is 10.2. The zero-order chi connectivity index (χ0) is 15.1. The molecule has 0 spiro atoms. The quantitative estimate of drug-likeness (QED) is 0.739. The van der Waals surface area contributed by atoms with Gasteiger partial charge >= 0.3 is 0 Å². The van der Waals surface area contributed by atoms with Gasteiger partial charge in [-0.25, -0.2) is 4.39 Å². The highest BCUT2D eigenvalue weighted by Gasteiger charge is 2.10. The van der Waals surface area contributed by atoms with Gasteiger partial charge < -0.3 is 4.74 Å². The lowest BCUT2D eigenvalue weighted by atomic mass is 10.1. The fourth-order valence-corrected chi connectivity index (χ4v) is 2.64. The predicted octanol–water partition coefficient (Wildman–Crippen LogP) is 4.24. The third-order valence-corrected chi connectivity index (χ3v) is 4.01. The molecule has 0 fully saturated rings. The summed E-state index contributed by atoms with van der Waals surface area (Å²) in [6, 6.07) is 15.1. The molecule has 0 atom stereocenters. The molecule has 0 aromatic heterocycles. The molecule has 112 valence electrons. The minimum Gasteiger partial charge on any atom is -0.383 e. The summed E-state index contributed by atoms with van der Waals surface area (Å²) in [4.78, 5) is 2.29. The molecular formula is C17H19BrFNO. The molecule has 2 nitrogen and oxygen atoms in total. The Hall–Kier alpha value is -1.23. The highest BCUT2D eigenvalue weighted by atomic mass is 79.9. The van der Waals surface area contributed by atoms with Crippen LogP contribution in [-0.2, 0) is 17.8 Å². The van der Waals surface area contributed by atoms with Crippen molar-refractivity contribution in [2.24, 2.45) is 0 Å². The second-order valence-corrected chi connectivity index (χ2v) is 5.78. The van der Waals surface area contributed by atoms with E-state index in [9.17, 15) is 4.39 Å². The Morgan fingerprint density at radius 1 is 1.10 bits per heavy atom. The van der Waals surface area contributed by atoms with Crippen molar-refractivity contribution in [3.05, 3.63) is 69.9 Å². The number of rotatable bonds is 7. The van der Waals surface area contributed by atoms with E-state index in [0.717, 1.165) is 29.7 Å². The lowest BCUT2D eigenvalue weighted by Gasteiger charge is -2.23. The summed E-state index contributed by atoms with van der Waals surface area (Å²) in [6.07, 6.45) is 0. The average Bonchev–Trinajstić information content (AvgIpc) is 2.48. The molecule has 0 radical (unpaired) electrons. The van der Waals surface area contributed by atoms with E-state index in [1.54, 1.807) is 7.11 Å². The Kier molecular flexibility index (Phi) is 6.36. The summed E-state index contributed by atoms with van der Waals surface area (Å²) in [5.41, 5.74) is 2.33. The summed E-state index contributed by atoms with van der Waals surface area (Å²) < 4.78 is 19.2. The van der Waals surface area contributed by atoms with Gasteiger partial charge in [0.15, 0.2) is 0 Å². The Bertz CT molecular complexity index is 562. The van der Waals surface area contributed by atoms with Gasteiger partial charge in [-0.05, 0) is 23.3 Å². The Balaban J connectivity index is 2.08. The molecule has 21 heavy (non-hydrogen) atoms. The molecule has 0 amide bonds. The number of ether oxygens (including phenoxy) is 1. The standard InChI is InChI=1S/C17H19BrFNO/c1-21-10-9-20(12-14-5-3-2-4-6-14)13-15-7-8-16(19)11-17(15)18/h2-8,11H,9-10,12-13H2,1H3. The van der Waals surface area contributed by atoms with Gasteiger partial charge in [-0.15, -0.1) is 0 Å². The maximum absolute atomic E-state index is 13.2. The van der Waals surface area contributed by atoms with Crippen LogP contribution >= 0.6 is 15.9 Å². The van der Waals surface area contributed by atoms with Crippen molar-refractivity contribution < 1.29 is 9.13 Å². The first-order valence-corrected chi connectivity index (χ1v) is 7.67. The van der Waals surface area contributed by atoms with Crippen LogP contribution in [0.5, 0.6) is 0 Å². The highest BCUT2D eigenvalue weighted by Crippen LogP contribution is 2.20. The van der Waals surface area contributed by atoms with E-state index in [0.29, 0.717) is 6.61 Å². The zero-order valence-electron chi connectivity index (χ0n) is 12.1. The van der Waals surface area contributed by atoms with Crippen LogP contribution in [-0.4, -0.2) is 25.2 Å². The van der Waals surface area contributed by atoms with E-state index in [2.05, 4.69) is 33.0 Å². The monoisotopic (exact) mass is 351 g/mol. The molecule has 0 saturated heterocycles. The maximum atomic E-state index is 13.2. The van der Waals surface area contributed by atoms with Gasteiger partial charge in [0.25, 0.3) is 0 Å². The zero-order valence-corrected chi connectivity index (χ0v) is 13.6. The fourth-order valence-electron chi connectivity index (χ4n) is 2.17. The van der Waals surface area contributed by atoms with Gasteiger partial charge in [0.1, 0.15) is 5.82 Å². The van der Waals surface area contributed by atoms with E-state index in [1.165, 1.54) is 17.7 Å². The molecule has 0 aliphatic heterocycles. The smallest absolute Gasteiger partial charge is 0.124 e. The molecule has 4 heteroatoms. The summed E-state index contributed by atoms with van der Waals surface area (Å²) >= 11 is 3.43. The van der Waals surface area contributed by atoms with Gasteiger partial charge in [0.2, 0.25) is 0 Å². The number of benzene rings is 2. The molecule has 2 aromatic rings. The largest absolute Gasteiger partial charge is 0.383 e. The van der Waals surface area contributed by atoms with Crippen LogP contribution in [0.25, 0.3) is 0 Å². The molecule has 0 heterocycles. The second kappa shape index (κ2) is 8.27. The van der Waals surface area contributed by atoms with Gasteiger partial charge in [-0.1, -0.05) is 52.3 Å². The third-order valence-electron chi connectivity index (χ3n) is 3.27. The molecule has 2 rings (SSSR count). The molecule has 2 aromatic carbocycles. The molecule has 0 saturated carbocycles. The SMILES string of the molecule is COCCN(Cc1ccccc1)Cc1ccc(F)cc1Br. The fraction of sp³-hybridized carbons (Fsp3) is 0.294. The van der Waals surface area contributed by atoms with Crippen LogP contribution in [0.2, 0.25) is 0 Å². The van der Waals surface area contributed by atoms with E-state index in [1.807, 2.05) is 24.3 Å². The van der Waals surface area contributed by atoms with Crippen LogP contribution in [0.1, 0.15) is 11.1 Å². The minimum absolute atomic E-state index is 0.225. The molecule has 0 unspecified atom stereocenters. The van der Waals surface area contributed by atoms with Crippen molar-refractivity contribution in [2.45, 2.75) is 13.1 Å². The Labute approximate surface area is 133 Å². The van der Waals surface area contributed by atoms with Gasteiger partial charge in [0.05, 0.1) is 6.61 Å². The van der Waals surface area contributed by atoms with Crippen LogP contribution < -0.4 is 0 Å². The molecule has 0 N–H and O–H groups in total. The van der Waals surface area contributed by atoms with Crippen LogP contribution in [0.15, 0.2) is 53.0 Å². The average molecular weight is 352 g/mol. The topological polar surface area (TPSA) is 12.5 Å². The third kappa shape index (κ3) is 5.23. The molecular weight excluding hydrogens is 333 g/mol. The summed E-state index contributed by atoms with van der Waals surface area (Å²) in [5.74, 6) is -0.225. The Morgan fingerprint density at radius 2 is 1.86 bits per heavy atom. The Morgan fingerprint density at radius 3 is 2.52 bits per heavy atom. The first-order valence-electron chi connectivity index (χ1n) is 6.88. The number of methoxy groups -OCH3 is 1. The van der Waals surface area contributed by atoms with Crippen LogP contribution in [0, 0.1) is 5.82 Å². The first kappa shape index (κ1) is 16.1. The summed E-state index contributed by atoms with van der Waals surface area (Å²) in [6.45, 7) is 3.09. The van der Waals surface area contributed by atoms with E-state index < -0.39 is 0 Å². The van der Waals surface area contributed by atoms with Crippen LogP contribution in [0.4, 0.5) is 4.39 Å². The number of hydrogen-bond acceptors (Lipinski definition) is 2. The number of hydrogen-bond donors (Lipinski definition) is 0. The van der Waals surface area contributed by atoms with Crippen molar-refractivity contribution in [3.8, 4) is 0 Å². The highest BCUT2D eigenvalue weighted by molar-refractivity contribution is 9.10. The van der Waals surface area contributed by atoms with Gasteiger partial charge in [-0.2, -0.15) is 0 Å². The normalized spacial score (nSPS) is 11.0. The summed E-state index contributed by atoms with van der Waals surface area (Å²) in [7, 11) is 1.70. The van der Waals surface area contributed by atoms with Crippen molar-refractivity contribution in [1.82, 2.24) is 4.90 Å². The van der Waals surface area contributed by atoms with E-state index in [-0.39, 0.29) is 5.82 Å². The molecule has 0 aliphatic rings.